The van der Waals surface area contributed by atoms with Crippen molar-refractivity contribution in [2.75, 3.05) is 23.4 Å². The Morgan fingerprint density at radius 2 is 1.67 bits per heavy atom. The van der Waals surface area contributed by atoms with Crippen molar-refractivity contribution in [2.45, 2.75) is 0 Å². The number of nitrogens with one attached hydrogen (secondary N) is 2. The van der Waals surface area contributed by atoms with E-state index in [9.17, 15) is 13.2 Å². The number of aromatic nitrogens is 3. The molecular weight excluding hydrogens is 489 g/mol. The number of fused-ring (bicyclic) bond motifs is 1. The van der Waals surface area contributed by atoms with Crippen molar-refractivity contribution in [1.29, 1.82) is 0 Å². The highest BCUT2D eigenvalue weighted by Crippen LogP contribution is 2.33. The molecule has 170 valence electrons. The number of rotatable bonds is 6. The van der Waals surface area contributed by atoms with Crippen molar-refractivity contribution in [1.82, 2.24) is 14.7 Å². The van der Waals surface area contributed by atoms with Crippen molar-refractivity contribution < 1.29 is 13.3 Å². The molecule has 4 aromatic rings. The summed E-state index contributed by atoms with van der Waals surface area (Å²) in [5.41, 5.74) is 1.42. The van der Waals surface area contributed by atoms with E-state index in [0.717, 1.165) is 11.0 Å². The van der Waals surface area contributed by atoms with E-state index in [4.69, 9.17) is 28.0 Å². The Kier molecular flexibility index (Phi) is 6.15. The number of benzene rings is 2. The first kappa shape index (κ1) is 22.8. The molecule has 0 aliphatic heterocycles. The first-order valence-electron chi connectivity index (χ1n) is 9.43. The van der Waals surface area contributed by atoms with E-state index >= 15 is 0 Å². The molecular formula is C21H17Cl2N5O4S. The number of pyridine rings is 1. The third kappa shape index (κ3) is 4.87. The van der Waals surface area contributed by atoms with Gasteiger partial charge < -0.3 is 10.2 Å². The van der Waals surface area contributed by atoms with Gasteiger partial charge in [-0.15, -0.1) is 4.73 Å². The minimum Gasteiger partial charge on any atom is -0.412 e. The van der Waals surface area contributed by atoms with Gasteiger partial charge in [-0.2, -0.15) is 4.98 Å². The number of halogens is 2. The van der Waals surface area contributed by atoms with Gasteiger partial charge in [0.1, 0.15) is 7.11 Å². The third-order valence-electron chi connectivity index (χ3n) is 4.56. The van der Waals surface area contributed by atoms with Crippen LogP contribution in [0.4, 0.5) is 17.3 Å². The molecule has 0 radical (unpaired) electrons. The van der Waals surface area contributed by atoms with Gasteiger partial charge in [-0.25, -0.2) is 13.4 Å². The molecule has 0 saturated carbocycles. The van der Waals surface area contributed by atoms with Crippen LogP contribution in [-0.2, 0) is 10.0 Å². The van der Waals surface area contributed by atoms with Crippen LogP contribution in [0.15, 0.2) is 59.5 Å². The summed E-state index contributed by atoms with van der Waals surface area (Å²) < 4.78 is 26.1. The van der Waals surface area contributed by atoms with Crippen LogP contribution in [0.1, 0.15) is 0 Å². The highest BCUT2D eigenvalue weighted by Gasteiger charge is 2.18. The van der Waals surface area contributed by atoms with Crippen molar-refractivity contribution in [3.05, 3.63) is 75.1 Å². The van der Waals surface area contributed by atoms with Crippen LogP contribution in [0.2, 0.25) is 10.0 Å². The average Bonchev–Trinajstić information content (AvgIpc) is 2.74. The minimum atomic E-state index is -3.37. The van der Waals surface area contributed by atoms with Gasteiger partial charge in [-0.05, 0) is 42.5 Å². The Balaban J connectivity index is 1.73. The van der Waals surface area contributed by atoms with Crippen LogP contribution < -0.4 is 20.4 Å². The number of hydrogen-bond donors (Lipinski definition) is 2. The Morgan fingerprint density at radius 3 is 2.27 bits per heavy atom. The Labute approximate surface area is 199 Å². The SMILES string of the molecule is COn1c(=O)c(-c2c(Cl)cccc2Cl)cc2cnc(Nc3ccc(NS(C)(=O)=O)cc3)nc21. The molecule has 0 bridgehead atoms. The molecule has 12 heteroatoms. The monoisotopic (exact) mass is 505 g/mol. The summed E-state index contributed by atoms with van der Waals surface area (Å²) in [5.74, 6) is 0.208. The Morgan fingerprint density at radius 1 is 1.03 bits per heavy atom. The molecule has 2 aromatic carbocycles. The zero-order valence-electron chi connectivity index (χ0n) is 17.3. The smallest absolute Gasteiger partial charge is 0.293 e. The van der Waals surface area contributed by atoms with Gasteiger partial charge in [0.2, 0.25) is 16.0 Å². The summed E-state index contributed by atoms with van der Waals surface area (Å²) in [7, 11) is -2.02. The topological polar surface area (TPSA) is 115 Å². The molecule has 9 nitrogen and oxygen atoms in total. The fraction of sp³-hybridized carbons (Fsp3) is 0.0952. The van der Waals surface area contributed by atoms with Gasteiger partial charge in [0, 0.05) is 28.5 Å². The van der Waals surface area contributed by atoms with E-state index in [1.807, 2.05) is 0 Å². The van der Waals surface area contributed by atoms with E-state index in [1.54, 1.807) is 48.5 Å². The first-order valence-corrected chi connectivity index (χ1v) is 12.1. The van der Waals surface area contributed by atoms with E-state index in [1.165, 1.54) is 13.3 Å². The summed E-state index contributed by atoms with van der Waals surface area (Å²) in [6.45, 7) is 0. The summed E-state index contributed by atoms with van der Waals surface area (Å²) in [6, 6.07) is 13.1. The van der Waals surface area contributed by atoms with Gasteiger partial charge in [-0.1, -0.05) is 29.3 Å². The highest BCUT2D eigenvalue weighted by atomic mass is 35.5. The maximum Gasteiger partial charge on any atom is 0.293 e. The third-order valence-corrected chi connectivity index (χ3v) is 5.80. The molecule has 0 saturated heterocycles. The average molecular weight is 506 g/mol. The van der Waals surface area contributed by atoms with Crippen LogP contribution in [0.3, 0.4) is 0 Å². The molecule has 2 N–H and O–H groups in total. The lowest BCUT2D eigenvalue weighted by Crippen LogP contribution is -2.27. The van der Waals surface area contributed by atoms with Crippen molar-refractivity contribution in [3.8, 4) is 11.1 Å². The second-order valence-corrected chi connectivity index (χ2v) is 9.55. The van der Waals surface area contributed by atoms with Crippen molar-refractivity contribution in [3.63, 3.8) is 0 Å². The molecule has 33 heavy (non-hydrogen) atoms. The van der Waals surface area contributed by atoms with Gasteiger partial charge >= 0.3 is 0 Å². The first-order chi connectivity index (χ1) is 15.7. The fourth-order valence-corrected chi connectivity index (χ4v) is 4.36. The molecule has 2 heterocycles. The second-order valence-electron chi connectivity index (χ2n) is 6.99. The number of nitrogens with zero attached hydrogens (tertiary/aromatic N) is 3. The molecule has 0 spiro atoms. The second kappa shape index (κ2) is 8.89. The van der Waals surface area contributed by atoms with Gasteiger partial charge in [-0.3, -0.25) is 9.52 Å². The molecule has 0 atom stereocenters. The van der Waals surface area contributed by atoms with Crippen molar-refractivity contribution >= 4 is 61.6 Å². The molecule has 0 fully saturated rings. The summed E-state index contributed by atoms with van der Waals surface area (Å²) in [5, 5.41) is 4.19. The molecule has 0 amide bonds. The van der Waals surface area contributed by atoms with Gasteiger partial charge in [0.25, 0.3) is 5.56 Å². The van der Waals surface area contributed by atoms with Crippen molar-refractivity contribution in [2.24, 2.45) is 0 Å². The largest absolute Gasteiger partial charge is 0.412 e. The molecule has 0 unspecified atom stereocenters. The van der Waals surface area contributed by atoms with Crippen LogP contribution in [-0.4, -0.2) is 36.5 Å². The van der Waals surface area contributed by atoms with E-state index in [-0.39, 0.29) is 17.2 Å². The minimum absolute atomic E-state index is 0.208. The Bertz CT molecular complexity index is 1500. The number of hydrogen-bond acceptors (Lipinski definition) is 7. The van der Waals surface area contributed by atoms with Crippen LogP contribution >= 0.6 is 23.2 Å². The summed E-state index contributed by atoms with van der Waals surface area (Å²) >= 11 is 12.6. The molecule has 2 aromatic heterocycles. The zero-order chi connectivity index (χ0) is 23.8. The fourth-order valence-electron chi connectivity index (χ4n) is 3.20. The predicted molar refractivity (Wildman–Crippen MR) is 130 cm³/mol. The maximum atomic E-state index is 13.1. The Hall–Kier alpha value is -3.34. The van der Waals surface area contributed by atoms with Gasteiger partial charge in [0.05, 0.1) is 21.9 Å². The van der Waals surface area contributed by atoms with E-state index in [2.05, 4.69) is 20.0 Å². The summed E-state index contributed by atoms with van der Waals surface area (Å²) in [4.78, 5) is 27.1. The lowest BCUT2D eigenvalue weighted by atomic mass is 10.1. The normalized spacial score (nSPS) is 11.4. The number of anilines is 3. The van der Waals surface area contributed by atoms with E-state index in [0.29, 0.717) is 32.4 Å². The van der Waals surface area contributed by atoms with Crippen LogP contribution in [0.5, 0.6) is 0 Å². The van der Waals surface area contributed by atoms with Gasteiger partial charge in [0.15, 0.2) is 5.65 Å². The quantitative estimate of drug-likeness (QED) is 0.407. The standard InChI is InChI=1S/C21H17Cl2N5O4S/c1-32-28-19-12(10-15(20(28)29)18-16(22)4-3-5-17(18)23)11-24-21(26-19)25-13-6-8-14(9-7-13)27-33(2,30)31/h3-11,27H,1-2H3,(H,24,25,26). The molecule has 4 rings (SSSR count). The van der Waals surface area contributed by atoms with Crippen LogP contribution in [0.25, 0.3) is 22.2 Å². The number of sulfonamides is 1. The lowest BCUT2D eigenvalue weighted by Gasteiger charge is -2.13. The maximum absolute atomic E-state index is 13.1. The van der Waals surface area contributed by atoms with E-state index < -0.39 is 15.6 Å². The molecule has 0 aliphatic rings. The zero-order valence-corrected chi connectivity index (χ0v) is 19.7. The predicted octanol–water partition coefficient (Wildman–Crippen LogP) is 3.94. The summed E-state index contributed by atoms with van der Waals surface area (Å²) in [6.07, 6.45) is 2.61. The lowest BCUT2D eigenvalue weighted by molar-refractivity contribution is 0.168. The highest BCUT2D eigenvalue weighted by molar-refractivity contribution is 7.92. The molecule has 0 aliphatic carbocycles. The van der Waals surface area contributed by atoms with Crippen LogP contribution in [0, 0.1) is 0 Å².